The van der Waals surface area contributed by atoms with Crippen LogP contribution in [0.1, 0.15) is 6.92 Å². The van der Waals surface area contributed by atoms with Crippen molar-refractivity contribution < 1.29 is 0 Å². The lowest BCUT2D eigenvalue weighted by Gasteiger charge is -1.96. The zero-order valence-electron chi connectivity index (χ0n) is 6.28. The first-order valence-corrected chi connectivity index (χ1v) is 4.41. The molecule has 0 heterocycles. The van der Waals surface area contributed by atoms with Gasteiger partial charge in [0.25, 0.3) is 0 Å². The summed E-state index contributed by atoms with van der Waals surface area (Å²) in [5, 5.41) is 2.85. The van der Waals surface area contributed by atoms with Gasteiger partial charge in [-0.25, -0.2) is 0 Å². The quantitative estimate of drug-likeness (QED) is 0.511. The highest BCUT2D eigenvalue weighted by Gasteiger charge is 1.93. The molecule has 0 atom stereocenters. The van der Waals surface area contributed by atoms with Crippen molar-refractivity contribution in [3.63, 3.8) is 0 Å². The van der Waals surface area contributed by atoms with E-state index in [-0.39, 0.29) is 0 Å². The summed E-state index contributed by atoms with van der Waals surface area (Å²) in [7, 11) is 0. The normalized spacial score (nSPS) is 9.55. The molecule has 0 saturated carbocycles. The van der Waals surface area contributed by atoms with Crippen molar-refractivity contribution in [2.75, 3.05) is 5.75 Å². The summed E-state index contributed by atoms with van der Waals surface area (Å²) in [5.41, 5.74) is 0.503. The SMILES string of the molecule is CCSc1cccc(N=O)c1. The lowest BCUT2D eigenvalue weighted by atomic mass is 10.3. The maximum Gasteiger partial charge on any atom is 0.109 e. The summed E-state index contributed by atoms with van der Waals surface area (Å²) in [6.45, 7) is 2.08. The molecule has 0 radical (unpaired) electrons. The van der Waals surface area contributed by atoms with Crippen LogP contribution in [0.5, 0.6) is 0 Å². The summed E-state index contributed by atoms with van der Waals surface area (Å²) in [5.74, 6) is 1.02. The Morgan fingerprint density at radius 3 is 3.00 bits per heavy atom. The molecule has 1 aromatic rings. The Labute approximate surface area is 70.0 Å². The van der Waals surface area contributed by atoms with E-state index in [9.17, 15) is 4.91 Å². The van der Waals surface area contributed by atoms with Crippen LogP contribution in [0.3, 0.4) is 0 Å². The molecule has 1 rings (SSSR count). The minimum absolute atomic E-state index is 0.503. The first kappa shape index (κ1) is 8.27. The topological polar surface area (TPSA) is 29.4 Å². The van der Waals surface area contributed by atoms with Crippen molar-refractivity contribution in [1.82, 2.24) is 0 Å². The van der Waals surface area contributed by atoms with E-state index in [1.165, 1.54) is 0 Å². The maximum atomic E-state index is 10.1. The third-order valence-electron chi connectivity index (χ3n) is 1.23. The van der Waals surface area contributed by atoms with Gasteiger partial charge in [0.1, 0.15) is 5.69 Å². The molecule has 0 aliphatic rings. The second kappa shape index (κ2) is 4.13. The van der Waals surface area contributed by atoms with Crippen molar-refractivity contribution in [2.45, 2.75) is 11.8 Å². The van der Waals surface area contributed by atoms with Crippen molar-refractivity contribution >= 4 is 17.4 Å². The molecule has 0 N–H and O–H groups in total. The molecule has 11 heavy (non-hydrogen) atoms. The standard InChI is InChI=1S/C8H9NOS/c1-2-11-8-5-3-4-7(6-8)9-10/h3-6H,2H2,1H3. The second-order valence-corrected chi connectivity index (χ2v) is 3.36. The molecular formula is C8H9NOS. The molecule has 0 aliphatic heterocycles. The first-order chi connectivity index (χ1) is 5.36. The minimum atomic E-state index is 0.503. The van der Waals surface area contributed by atoms with Gasteiger partial charge in [0, 0.05) is 4.90 Å². The lowest BCUT2D eigenvalue weighted by Crippen LogP contribution is -1.70. The molecule has 0 saturated heterocycles. The van der Waals surface area contributed by atoms with Gasteiger partial charge in [-0.1, -0.05) is 13.0 Å². The van der Waals surface area contributed by atoms with Gasteiger partial charge in [-0.15, -0.1) is 16.7 Å². The molecule has 0 fully saturated rings. The Balaban J connectivity index is 2.82. The zero-order chi connectivity index (χ0) is 8.10. The van der Waals surface area contributed by atoms with Gasteiger partial charge in [0.2, 0.25) is 0 Å². The summed E-state index contributed by atoms with van der Waals surface area (Å²) in [6.07, 6.45) is 0. The zero-order valence-corrected chi connectivity index (χ0v) is 7.10. The van der Waals surface area contributed by atoms with Gasteiger partial charge in [0.15, 0.2) is 0 Å². The lowest BCUT2D eigenvalue weighted by molar-refractivity contribution is 1.38. The van der Waals surface area contributed by atoms with Crippen LogP contribution in [-0.4, -0.2) is 5.75 Å². The van der Waals surface area contributed by atoms with Crippen LogP contribution >= 0.6 is 11.8 Å². The number of benzene rings is 1. The fourth-order valence-electron chi connectivity index (χ4n) is 0.797. The van der Waals surface area contributed by atoms with Crippen LogP contribution < -0.4 is 0 Å². The van der Waals surface area contributed by atoms with E-state index < -0.39 is 0 Å². The molecule has 3 heteroatoms. The molecule has 0 unspecified atom stereocenters. The third-order valence-corrected chi connectivity index (χ3v) is 2.11. The number of nitroso groups, excluding NO2 is 1. The minimum Gasteiger partial charge on any atom is -0.145 e. The predicted octanol–water partition coefficient (Wildman–Crippen LogP) is 3.20. The van der Waals surface area contributed by atoms with Crippen molar-refractivity contribution in [3.8, 4) is 0 Å². The fraction of sp³-hybridized carbons (Fsp3) is 0.250. The van der Waals surface area contributed by atoms with E-state index in [0.29, 0.717) is 5.69 Å². The van der Waals surface area contributed by atoms with Gasteiger partial charge in [-0.3, -0.25) is 0 Å². The van der Waals surface area contributed by atoms with Crippen LogP contribution in [0.25, 0.3) is 0 Å². The Kier molecular flexibility index (Phi) is 3.11. The third kappa shape index (κ3) is 2.35. The van der Waals surface area contributed by atoms with Gasteiger partial charge < -0.3 is 0 Å². The smallest absolute Gasteiger partial charge is 0.109 e. The molecule has 0 amide bonds. The van der Waals surface area contributed by atoms with Crippen LogP contribution in [-0.2, 0) is 0 Å². The van der Waals surface area contributed by atoms with E-state index in [1.54, 1.807) is 23.9 Å². The number of hydrogen-bond acceptors (Lipinski definition) is 3. The van der Waals surface area contributed by atoms with E-state index in [0.717, 1.165) is 10.6 Å². The van der Waals surface area contributed by atoms with Crippen LogP contribution in [0, 0.1) is 4.91 Å². The molecular weight excluding hydrogens is 158 g/mol. The fourth-order valence-corrected chi connectivity index (χ4v) is 1.51. The molecule has 2 nitrogen and oxygen atoms in total. The highest BCUT2D eigenvalue weighted by atomic mass is 32.2. The van der Waals surface area contributed by atoms with Crippen LogP contribution in [0.4, 0.5) is 5.69 Å². The first-order valence-electron chi connectivity index (χ1n) is 3.43. The molecule has 1 aromatic carbocycles. The molecule has 0 bridgehead atoms. The van der Waals surface area contributed by atoms with Gasteiger partial charge in [-0.05, 0) is 29.1 Å². The van der Waals surface area contributed by atoms with E-state index in [2.05, 4.69) is 12.1 Å². The average Bonchev–Trinajstić information content (AvgIpc) is 2.06. The molecule has 0 aromatic heterocycles. The number of rotatable bonds is 3. The Bertz CT molecular complexity index is 250. The Hall–Kier alpha value is -0.830. The largest absolute Gasteiger partial charge is 0.145 e. The van der Waals surface area contributed by atoms with Crippen molar-refractivity contribution in [1.29, 1.82) is 0 Å². The van der Waals surface area contributed by atoms with E-state index in [1.807, 2.05) is 12.1 Å². The van der Waals surface area contributed by atoms with Gasteiger partial charge in [-0.2, -0.15) is 0 Å². The van der Waals surface area contributed by atoms with Crippen molar-refractivity contribution in [2.24, 2.45) is 5.18 Å². The molecule has 0 spiro atoms. The number of thioether (sulfide) groups is 1. The highest BCUT2D eigenvalue weighted by molar-refractivity contribution is 7.99. The van der Waals surface area contributed by atoms with Gasteiger partial charge >= 0.3 is 0 Å². The molecule has 58 valence electrons. The maximum absolute atomic E-state index is 10.1. The van der Waals surface area contributed by atoms with E-state index >= 15 is 0 Å². The van der Waals surface area contributed by atoms with Crippen LogP contribution in [0.2, 0.25) is 0 Å². The second-order valence-electron chi connectivity index (χ2n) is 2.02. The predicted molar refractivity (Wildman–Crippen MR) is 48.3 cm³/mol. The molecule has 0 aliphatic carbocycles. The van der Waals surface area contributed by atoms with Crippen molar-refractivity contribution in [3.05, 3.63) is 29.2 Å². The summed E-state index contributed by atoms with van der Waals surface area (Å²) in [6, 6.07) is 7.31. The number of nitrogens with zero attached hydrogens (tertiary/aromatic N) is 1. The van der Waals surface area contributed by atoms with Crippen LogP contribution in [0.15, 0.2) is 34.3 Å². The summed E-state index contributed by atoms with van der Waals surface area (Å²) in [4.78, 5) is 11.2. The monoisotopic (exact) mass is 167 g/mol. The average molecular weight is 167 g/mol. The summed E-state index contributed by atoms with van der Waals surface area (Å²) >= 11 is 1.71. The Morgan fingerprint density at radius 2 is 2.36 bits per heavy atom. The van der Waals surface area contributed by atoms with E-state index in [4.69, 9.17) is 0 Å². The number of hydrogen-bond donors (Lipinski definition) is 0. The Morgan fingerprint density at radius 1 is 1.55 bits per heavy atom. The van der Waals surface area contributed by atoms with Gasteiger partial charge in [0.05, 0.1) is 0 Å². The summed E-state index contributed by atoms with van der Waals surface area (Å²) < 4.78 is 0. The highest BCUT2D eigenvalue weighted by Crippen LogP contribution is 2.22.